The summed E-state index contributed by atoms with van der Waals surface area (Å²) in [6.45, 7) is 1.86. The van der Waals surface area contributed by atoms with E-state index >= 15 is 0 Å². The number of hydrogen-bond acceptors (Lipinski definition) is 3. The molecular formula is C10H11BrO3. The molecule has 0 saturated heterocycles. The predicted molar refractivity (Wildman–Crippen MR) is 56.4 cm³/mol. The SMILES string of the molecule is COC(=O)COc1ccc(Br)cc1C. The topological polar surface area (TPSA) is 35.5 Å². The third-order valence-electron chi connectivity index (χ3n) is 1.71. The summed E-state index contributed by atoms with van der Waals surface area (Å²) in [6, 6.07) is 5.59. The Balaban J connectivity index is 2.63. The van der Waals surface area contributed by atoms with E-state index in [9.17, 15) is 4.79 Å². The summed E-state index contributed by atoms with van der Waals surface area (Å²) < 4.78 is 10.7. The van der Waals surface area contributed by atoms with Gasteiger partial charge in [-0.2, -0.15) is 0 Å². The summed E-state index contributed by atoms with van der Waals surface area (Å²) in [7, 11) is 1.33. The fourth-order valence-electron chi connectivity index (χ4n) is 0.970. The van der Waals surface area contributed by atoms with E-state index in [2.05, 4.69) is 20.7 Å². The minimum Gasteiger partial charge on any atom is -0.482 e. The molecule has 0 saturated carbocycles. The van der Waals surface area contributed by atoms with E-state index in [1.165, 1.54) is 7.11 Å². The van der Waals surface area contributed by atoms with Gasteiger partial charge in [0.15, 0.2) is 6.61 Å². The van der Waals surface area contributed by atoms with Gasteiger partial charge in [0.1, 0.15) is 5.75 Å². The van der Waals surface area contributed by atoms with E-state index in [1.807, 2.05) is 25.1 Å². The van der Waals surface area contributed by atoms with Gasteiger partial charge in [0.2, 0.25) is 0 Å². The van der Waals surface area contributed by atoms with Gasteiger partial charge < -0.3 is 9.47 Å². The number of ether oxygens (including phenoxy) is 2. The lowest BCUT2D eigenvalue weighted by Crippen LogP contribution is -2.12. The molecule has 0 radical (unpaired) electrons. The summed E-state index contributed by atoms with van der Waals surface area (Å²) in [5.41, 5.74) is 0.975. The molecule has 1 aromatic rings. The highest BCUT2D eigenvalue weighted by molar-refractivity contribution is 9.10. The fourth-order valence-corrected chi connectivity index (χ4v) is 1.45. The Morgan fingerprint density at radius 1 is 1.50 bits per heavy atom. The highest BCUT2D eigenvalue weighted by Gasteiger charge is 2.04. The molecule has 4 heteroatoms. The summed E-state index contributed by atoms with van der Waals surface area (Å²) in [5, 5.41) is 0. The number of hydrogen-bond donors (Lipinski definition) is 0. The molecule has 76 valence electrons. The van der Waals surface area contributed by atoms with Gasteiger partial charge >= 0.3 is 5.97 Å². The van der Waals surface area contributed by atoms with Gasteiger partial charge in [-0.15, -0.1) is 0 Å². The van der Waals surface area contributed by atoms with Gasteiger partial charge in [0.25, 0.3) is 0 Å². The normalized spacial score (nSPS) is 9.64. The van der Waals surface area contributed by atoms with Crippen molar-refractivity contribution in [1.82, 2.24) is 0 Å². The van der Waals surface area contributed by atoms with Crippen LogP contribution in [0.2, 0.25) is 0 Å². The summed E-state index contributed by atoms with van der Waals surface area (Å²) in [5.74, 6) is 0.311. The van der Waals surface area contributed by atoms with Crippen molar-refractivity contribution in [3.63, 3.8) is 0 Å². The lowest BCUT2D eigenvalue weighted by Gasteiger charge is -2.07. The zero-order valence-electron chi connectivity index (χ0n) is 8.04. The molecule has 0 aromatic heterocycles. The molecular weight excluding hydrogens is 248 g/mol. The Hall–Kier alpha value is -1.03. The predicted octanol–water partition coefficient (Wildman–Crippen LogP) is 2.31. The highest BCUT2D eigenvalue weighted by atomic mass is 79.9. The first-order valence-electron chi connectivity index (χ1n) is 4.09. The first-order valence-corrected chi connectivity index (χ1v) is 4.88. The lowest BCUT2D eigenvalue weighted by atomic mass is 10.2. The second-order valence-electron chi connectivity index (χ2n) is 2.77. The molecule has 14 heavy (non-hydrogen) atoms. The minimum atomic E-state index is -0.382. The van der Waals surface area contributed by atoms with Crippen molar-refractivity contribution in [2.75, 3.05) is 13.7 Å². The van der Waals surface area contributed by atoms with Crippen LogP contribution >= 0.6 is 15.9 Å². The summed E-state index contributed by atoms with van der Waals surface area (Å²) in [4.78, 5) is 10.8. The molecule has 3 nitrogen and oxygen atoms in total. The molecule has 0 heterocycles. The quantitative estimate of drug-likeness (QED) is 0.781. The molecule has 0 amide bonds. The third-order valence-corrected chi connectivity index (χ3v) is 2.20. The van der Waals surface area contributed by atoms with Crippen LogP contribution in [0.15, 0.2) is 22.7 Å². The fraction of sp³-hybridized carbons (Fsp3) is 0.300. The number of carbonyl (C=O) groups is 1. The van der Waals surface area contributed by atoms with Crippen LogP contribution in [-0.2, 0) is 9.53 Å². The summed E-state index contributed by atoms with van der Waals surface area (Å²) in [6.07, 6.45) is 0. The van der Waals surface area contributed by atoms with Crippen LogP contribution < -0.4 is 4.74 Å². The van der Waals surface area contributed by atoms with E-state index in [0.717, 1.165) is 10.0 Å². The van der Waals surface area contributed by atoms with Gasteiger partial charge in [-0.05, 0) is 30.7 Å². The van der Waals surface area contributed by atoms with Crippen LogP contribution in [0, 0.1) is 6.92 Å². The largest absolute Gasteiger partial charge is 0.482 e. The highest BCUT2D eigenvalue weighted by Crippen LogP contribution is 2.21. The average molecular weight is 259 g/mol. The van der Waals surface area contributed by atoms with E-state index in [4.69, 9.17) is 4.74 Å². The van der Waals surface area contributed by atoms with Gasteiger partial charge in [0.05, 0.1) is 7.11 Å². The first-order chi connectivity index (χ1) is 6.63. The van der Waals surface area contributed by atoms with Gasteiger partial charge in [0, 0.05) is 4.47 Å². The Bertz CT molecular complexity index is 336. The monoisotopic (exact) mass is 258 g/mol. The van der Waals surface area contributed by atoms with Crippen molar-refractivity contribution >= 4 is 21.9 Å². The van der Waals surface area contributed by atoms with Crippen LogP contribution in [0.1, 0.15) is 5.56 Å². The molecule has 0 aliphatic rings. The second-order valence-corrected chi connectivity index (χ2v) is 3.69. The van der Waals surface area contributed by atoms with Crippen molar-refractivity contribution in [2.24, 2.45) is 0 Å². The van der Waals surface area contributed by atoms with E-state index in [0.29, 0.717) is 5.75 Å². The maximum absolute atomic E-state index is 10.8. The number of esters is 1. The molecule has 1 aromatic carbocycles. The van der Waals surface area contributed by atoms with Gasteiger partial charge in [-0.1, -0.05) is 15.9 Å². The van der Waals surface area contributed by atoms with Crippen molar-refractivity contribution in [1.29, 1.82) is 0 Å². The molecule has 1 rings (SSSR count). The number of benzene rings is 1. The van der Waals surface area contributed by atoms with Gasteiger partial charge in [-0.3, -0.25) is 0 Å². The number of carbonyl (C=O) groups excluding carboxylic acids is 1. The number of halogens is 1. The number of rotatable bonds is 3. The number of methoxy groups -OCH3 is 1. The average Bonchev–Trinajstić information content (AvgIpc) is 2.16. The number of aryl methyl sites for hydroxylation is 1. The van der Waals surface area contributed by atoms with E-state index < -0.39 is 0 Å². The molecule has 0 aliphatic carbocycles. The van der Waals surface area contributed by atoms with Crippen molar-refractivity contribution in [3.05, 3.63) is 28.2 Å². The molecule has 0 fully saturated rings. The Kier molecular flexibility index (Phi) is 3.95. The first kappa shape index (κ1) is 11.0. The zero-order chi connectivity index (χ0) is 10.6. The van der Waals surface area contributed by atoms with Crippen LogP contribution in [0.4, 0.5) is 0 Å². The standard InChI is InChI=1S/C10H11BrO3/c1-7-5-8(11)3-4-9(7)14-6-10(12)13-2/h3-5H,6H2,1-2H3. The van der Waals surface area contributed by atoms with E-state index in [-0.39, 0.29) is 12.6 Å². The zero-order valence-corrected chi connectivity index (χ0v) is 9.63. The third kappa shape index (κ3) is 3.03. The molecule has 0 unspecified atom stereocenters. The molecule has 0 bridgehead atoms. The van der Waals surface area contributed by atoms with E-state index in [1.54, 1.807) is 0 Å². The summed E-state index contributed by atoms with van der Waals surface area (Å²) >= 11 is 3.34. The van der Waals surface area contributed by atoms with Crippen molar-refractivity contribution < 1.29 is 14.3 Å². The second kappa shape index (κ2) is 5.00. The van der Waals surface area contributed by atoms with Crippen LogP contribution in [0.3, 0.4) is 0 Å². The maximum atomic E-state index is 10.8. The Morgan fingerprint density at radius 2 is 2.21 bits per heavy atom. The minimum absolute atomic E-state index is 0.0566. The molecule has 0 N–H and O–H groups in total. The molecule has 0 aliphatic heterocycles. The van der Waals surface area contributed by atoms with Crippen LogP contribution in [-0.4, -0.2) is 19.7 Å². The smallest absolute Gasteiger partial charge is 0.343 e. The Morgan fingerprint density at radius 3 is 2.79 bits per heavy atom. The molecule has 0 spiro atoms. The Labute approximate surface area is 91.1 Å². The van der Waals surface area contributed by atoms with Crippen molar-refractivity contribution in [3.8, 4) is 5.75 Å². The maximum Gasteiger partial charge on any atom is 0.343 e. The van der Waals surface area contributed by atoms with Crippen molar-refractivity contribution in [2.45, 2.75) is 6.92 Å². The van der Waals surface area contributed by atoms with Crippen LogP contribution in [0.5, 0.6) is 5.75 Å². The van der Waals surface area contributed by atoms with Crippen LogP contribution in [0.25, 0.3) is 0 Å². The molecule has 0 atom stereocenters. The lowest BCUT2D eigenvalue weighted by molar-refractivity contribution is -0.142. The van der Waals surface area contributed by atoms with Gasteiger partial charge in [-0.25, -0.2) is 4.79 Å².